The standard InChI is InChI=1S/C24H22FN3O3S2/c1-3-28-22-20(25)10-7-11-21(22)32-24(28)26-23(29)18-12-14-19(15-13-18)33(30,31)27(2)16-17-8-5-4-6-9-17/h4-15H,3,16H2,1-2H3. The number of aromatic nitrogens is 1. The highest BCUT2D eigenvalue weighted by Crippen LogP contribution is 2.21. The van der Waals surface area contributed by atoms with E-state index in [0.29, 0.717) is 21.6 Å². The predicted octanol–water partition coefficient (Wildman–Crippen LogP) is 4.42. The van der Waals surface area contributed by atoms with Crippen molar-refractivity contribution in [3.63, 3.8) is 0 Å². The molecule has 0 aliphatic carbocycles. The van der Waals surface area contributed by atoms with Gasteiger partial charge in [0.1, 0.15) is 5.82 Å². The summed E-state index contributed by atoms with van der Waals surface area (Å²) >= 11 is 1.23. The number of hydrogen-bond acceptors (Lipinski definition) is 4. The Kier molecular flexibility index (Phi) is 6.55. The lowest BCUT2D eigenvalue weighted by Crippen LogP contribution is -2.26. The fourth-order valence-electron chi connectivity index (χ4n) is 3.49. The molecule has 0 aliphatic heterocycles. The van der Waals surface area contributed by atoms with Crippen molar-refractivity contribution in [2.75, 3.05) is 7.05 Å². The molecule has 0 saturated carbocycles. The van der Waals surface area contributed by atoms with Crippen molar-refractivity contribution < 1.29 is 17.6 Å². The predicted molar refractivity (Wildman–Crippen MR) is 127 cm³/mol. The number of benzene rings is 3. The molecule has 4 aromatic rings. The number of halogens is 1. The summed E-state index contributed by atoms with van der Waals surface area (Å²) in [6.45, 7) is 2.55. The molecule has 6 nitrogen and oxygen atoms in total. The van der Waals surface area contributed by atoms with E-state index in [1.54, 1.807) is 16.7 Å². The van der Waals surface area contributed by atoms with Gasteiger partial charge in [-0.15, -0.1) is 0 Å². The fourth-order valence-corrected chi connectivity index (χ4v) is 5.76. The Morgan fingerprint density at radius 1 is 1.03 bits per heavy atom. The lowest BCUT2D eigenvalue weighted by atomic mass is 10.2. The van der Waals surface area contributed by atoms with E-state index in [-0.39, 0.29) is 22.8 Å². The molecule has 33 heavy (non-hydrogen) atoms. The molecule has 9 heteroatoms. The molecule has 0 atom stereocenters. The maximum atomic E-state index is 14.3. The van der Waals surface area contributed by atoms with Crippen LogP contribution in [0.5, 0.6) is 0 Å². The second-order valence-corrected chi connectivity index (χ2v) is 10.5. The van der Waals surface area contributed by atoms with E-state index in [0.717, 1.165) is 5.56 Å². The molecule has 0 aliphatic rings. The molecular weight excluding hydrogens is 461 g/mol. The van der Waals surface area contributed by atoms with Gasteiger partial charge in [-0.05, 0) is 48.9 Å². The van der Waals surface area contributed by atoms with Gasteiger partial charge in [-0.25, -0.2) is 12.8 Å². The first-order valence-electron chi connectivity index (χ1n) is 10.3. The van der Waals surface area contributed by atoms with E-state index in [1.165, 1.54) is 53.0 Å². The first-order valence-corrected chi connectivity index (χ1v) is 12.5. The zero-order valence-corrected chi connectivity index (χ0v) is 19.7. The maximum absolute atomic E-state index is 14.3. The number of carbonyl (C=O) groups excluding carboxylic acids is 1. The number of aryl methyl sites for hydroxylation is 1. The summed E-state index contributed by atoms with van der Waals surface area (Å²) in [5.41, 5.74) is 1.54. The summed E-state index contributed by atoms with van der Waals surface area (Å²) in [7, 11) is -2.21. The number of sulfonamides is 1. The van der Waals surface area contributed by atoms with Crippen molar-refractivity contribution in [1.82, 2.24) is 8.87 Å². The number of fused-ring (bicyclic) bond motifs is 1. The minimum absolute atomic E-state index is 0.0880. The second-order valence-electron chi connectivity index (χ2n) is 7.40. The Morgan fingerprint density at radius 3 is 2.39 bits per heavy atom. The third-order valence-electron chi connectivity index (χ3n) is 5.22. The van der Waals surface area contributed by atoms with Crippen LogP contribution in [0.3, 0.4) is 0 Å². The van der Waals surface area contributed by atoms with Crippen molar-refractivity contribution >= 4 is 37.5 Å². The first-order chi connectivity index (χ1) is 15.8. The lowest BCUT2D eigenvalue weighted by Gasteiger charge is -2.17. The molecule has 0 spiro atoms. The van der Waals surface area contributed by atoms with E-state index in [2.05, 4.69) is 4.99 Å². The quantitative estimate of drug-likeness (QED) is 0.408. The molecule has 0 fully saturated rings. The molecule has 0 radical (unpaired) electrons. The van der Waals surface area contributed by atoms with Crippen molar-refractivity contribution in [1.29, 1.82) is 0 Å². The van der Waals surface area contributed by atoms with Gasteiger partial charge in [0, 0.05) is 25.7 Å². The Morgan fingerprint density at radius 2 is 1.73 bits per heavy atom. The Labute approximate surface area is 195 Å². The highest BCUT2D eigenvalue weighted by molar-refractivity contribution is 7.89. The van der Waals surface area contributed by atoms with Gasteiger partial charge in [-0.1, -0.05) is 47.7 Å². The molecule has 1 heterocycles. The zero-order chi connectivity index (χ0) is 23.6. The summed E-state index contributed by atoms with van der Waals surface area (Å²) in [5.74, 6) is -0.889. The van der Waals surface area contributed by atoms with Crippen molar-refractivity contribution in [2.24, 2.45) is 4.99 Å². The monoisotopic (exact) mass is 483 g/mol. The number of rotatable bonds is 6. The number of carbonyl (C=O) groups is 1. The van der Waals surface area contributed by atoms with Crippen LogP contribution in [0.25, 0.3) is 10.2 Å². The van der Waals surface area contributed by atoms with Gasteiger partial charge in [-0.2, -0.15) is 9.30 Å². The van der Waals surface area contributed by atoms with Crippen LogP contribution in [0.4, 0.5) is 4.39 Å². The zero-order valence-electron chi connectivity index (χ0n) is 18.1. The topological polar surface area (TPSA) is 71.7 Å². The van der Waals surface area contributed by atoms with Crippen LogP contribution >= 0.6 is 11.3 Å². The van der Waals surface area contributed by atoms with Gasteiger partial charge in [0.25, 0.3) is 5.91 Å². The minimum Gasteiger partial charge on any atom is -0.314 e. The number of para-hydroxylation sites is 1. The highest BCUT2D eigenvalue weighted by Gasteiger charge is 2.21. The molecule has 170 valence electrons. The Bertz CT molecular complexity index is 1480. The molecule has 4 rings (SSSR count). The van der Waals surface area contributed by atoms with Gasteiger partial charge in [0.15, 0.2) is 4.80 Å². The molecule has 1 amide bonds. The van der Waals surface area contributed by atoms with Crippen molar-refractivity contribution in [3.05, 3.63) is 94.5 Å². The largest absolute Gasteiger partial charge is 0.314 e. The van der Waals surface area contributed by atoms with Crippen molar-refractivity contribution in [2.45, 2.75) is 24.9 Å². The summed E-state index contributed by atoms with van der Waals surface area (Å²) < 4.78 is 43.7. The molecule has 3 aromatic carbocycles. The summed E-state index contributed by atoms with van der Waals surface area (Å²) in [5, 5.41) is 0. The molecule has 0 N–H and O–H groups in total. The second kappa shape index (κ2) is 9.38. The van der Waals surface area contributed by atoms with Crippen LogP contribution < -0.4 is 4.80 Å². The van der Waals surface area contributed by atoms with E-state index in [1.807, 2.05) is 37.3 Å². The van der Waals surface area contributed by atoms with E-state index < -0.39 is 15.9 Å². The van der Waals surface area contributed by atoms with Gasteiger partial charge in [0.05, 0.1) is 15.1 Å². The third-order valence-corrected chi connectivity index (χ3v) is 8.08. The van der Waals surface area contributed by atoms with Crippen LogP contribution in [0.2, 0.25) is 0 Å². The molecule has 1 aromatic heterocycles. The van der Waals surface area contributed by atoms with Gasteiger partial charge in [-0.3, -0.25) is 4.79 Å². The van der Waals surface area contributed by atoms with E-state index in [9.17, 15) is 17.6 Å². The fraction of sp³-hybridized carbons (Fsp3) is 0.167. The first kappa shape index (κ1) is 23.0. The molecule has 0 unspecified atom stereocenters. The summed E-state index contributed by atoms with van der Waals surface area (Å²) in [6, 6.07) is 19.8. The van der Waals surface area contributed by atoms with Gasteiger partial charge in [0.2, 0.25) is 10.0 Å². The van der Waals surface area contributed by atoms with Gasteiger partial charge < -0.3 is 4.57 Å². The minimum atomic E-state index is -3.72. The lowest BCUT2D eigenvalue weighted by molar-refractivity contribution is 0.0997. The van der Waals surface area contributed by atoms with Crippen molar-refractivity contribution in [3.8, 4) is 0 Å². The Balaban J connectivity index is 1.60. The molecule has 0 saturated heterocycles. The summed E-state index contributed by atoms with van der Waals surface area (Å²) in [6.07, 6.45) is 0. The number of thiazole rings is 1. The van der Waals surface area contributed by atoms with E-state index in [4.69, 9.17) is 0 Å². The Hall–Kier alpha value is -3.14. The SMILES string of the molecule is CCn1c(=NC(=O)c2ccc(S(=O)(=O)N(C)Cc3ccccc3)cc2)sc2cccc(F)c21. The summed E-state index contributed by atoms with van der Waals surface area (Å²) in [4.78, 5) is 17.4. The third kappa shape index (κ3) is 4.66. The van der Waals surface area contributed by atoms with Crippen LogP contribution in [0.1, 0.15) is 22.8 Å². The number of nitrogens with zero attached hydrogens (tertiary/aromatic N) is 3. The number of hydrogen-bond donors (Lipinski definition) is 0. The average Bonchev–Trinajstić information content (AvgIpc) is 3.18. The maximum Gasteiger partial charge on any atom is 0.279 e. The van der Waals surface area contributed by atoms with Crippen LogP contribution in [-0.4, -0.2) is 30.2 Å². The van der Waals surface area contributed by atoms with Crippen LogP contribution in [-0.2, 0) is 23.1 Å². The van der Waals surface area contributed by atoms with E-state index >= 15 is 0 Å². The highest BCUT2D eigenvalue weighted by atomic mass is 32.2. The number of amides is 1. The smallest absolute Gasteiger partial charge is 0.279 e. The molecule has 0 bridgehead atoms. The normalized spacial score (nSPS) is 12.5. The van der Waals surface area contributed by atoms with Crippen LogP contribution in [0, 0.1) is 5.82 Å². The molecular formula is C24H22FN3O3S2. The average molecular weight is 484 g/mol. The van der Waals surface area contributed by atoms with Gasteiger partial charge >= 0.3 is 0 Å². The van der Waals surface area contributed by atoms with Crippen LogP contribution in [0.15, 0.2) is 82.7 Å².